The minimum Gasteiger partial charge on any atom is -0.443 e. The minimum absolute atomic E-state index is 0.0449. The zero-order chi connectivity index (χ0) is 15.6. The highest BCUT2D eigenvalue weighted by molar-refractivity contribution is 5.94. The topological polar surface area (TPSA) is 66.8 Å². The number of rotatable bonds is 2. The molecule has 0 radical (unpaired) electrons. The maximum atomic E-state index is 12.2. The number of likely N-dealkylation sites (tertiary alicyclic amines) is 1. The first-order chi connectivity index (χ1) is 9.78. The Morgan fingerprint density at radius 2 is 1.95 bits per heavy atom. The molecule has 1 aromatic rings. The van der Waals surface area contributed by atoms with Crippen LogP contribution < -0.4 is 0 Å². The van der Waals surface area contributed by atoms with E-state index in [0.29, 0.717) is 6.42 Å². The number of hydrogen-bond donors (Lipinski definition) is 1. The highest BCUT2D eigenvalue weighted by Crippen LogP contribution is 2.25. The molecular weight excluding hydrogens is 270 g/mol. The predicted octanol–water partition coefficient (Wildman–Crippen LogP) is 2.13. The van der Waals surface area contributed by atoms with Crippen LogP contribution in [0.5, 0.6) is 0 Å². The molecule has 0 spiro atoms. The van der Waals surface area contributed by atoms with Crippen LogP contribution in [-0.2, 0) is 16.0 Å². The van der Waals surface area contributed by atoms with Gasteiger partial charge in [-0.15, -0.1) is 0 Å². The summed E-state index contributed by atoms with van der Waals surface area (Å²) in [4.78, 5) is 25.2. The Bertz CT molecular complexity index is 521. The Morgan fingerprint density at radius 3 is 2.52 bits per heavy atom. The van der Waals surface area contributed by atoms with Crippen molar-refractivity contribution in [2.45, 2.75) is 51.4 Å². The smallest absolute Gasteiger partial charge is 0.417 e. The van der Waals surface area contributed by atoms with Crippen molar-refractivity contribution in [3.05, 3.63) is 35.9 Å². The van der Waals surface area contributed by atoms with Crippen molar-refractivity contribution in [3.63, 3.8) is 0 Å². The van der Waals surface area contributed by atoms with E-state index in [0.717, 1.165) is 10.5 Å². The average Bonchev–Trinajstić information content (AvgIpc) is 2.63. The van der Waals surface area contributed by atoms with Gasteiger partial charge in [0, 0.05) is 0 Å². The van der Waals surface area contributed by atoms with Crippen LogP contribution in [0.2, 0.25) is 0 Å². The summed E-state index contributed by atoms with van der Waals surface area (Å²) in [7, 11) is 0. The second kappa shape index (κ2) is 5.85. The molecule has 1 saturated heterocycles. The van der Waals surface area contributed by atoms with Gasteiger partial charge in [-0.25, -0.2) is 9.69 Å². The summed E-state index contributed by atoms with van der Waals surface area (Å²) in [6.45, 7) is 5.23. The first kappa shape index (κ1) is 15.5. The first-order valence-corrected chi connectivity index (χ1v) is 7.05. The quantitative estimate of drug-likeness (QED) is 0.906. The van der Waals surface area contributed by atoms with E-state index >= 15 is 0 Å². The number of ether oxygens (including phenoxy) is 1. The van der Waals surface area contributed by atoms with Gasteiger partial charge in [-0.2, -0.15) is 0 Å². The standard InChI is InChI=1S/C16H21NO4/c1-16(2,3)21-15(20)17-12(13(18)10-14(17)19)9-11-7-5-4-6-8-11/h4-8,12-13,18H,9-10H2,1-3H3/t12-,13-/m1/s1. The summed E-state index contributed by atoms with van der Waals surface area (Å²) in [5.41, 5.74) is 0.284. The van der Waals surface area contributed by atoms with Crippen LogP contribution in [0, 0.1) is 0 Å². The van der Waals surface area contributed by atoms with Gasteiger partial charge in [0.1, 0.15) is 5.60 Å². The van der Waals surface area contributed by atoms with Crippen LogP contribution in [0.1, 0.15) is 32.8 Å². The maximum absolute atomic E-state index is 12.2. The third-order valence-corrected chi connectivity index (χ3v) is 3.31. The van der Waals surface area contributed by atoms with Crippen molar-refractivity contribution in [2.24, 2.45) is 0 Å². The molecule has 2 amide bonds. The zero-order valence-electron chi connectivity index (χ0n) is 12.6. The van der Waals surface area contributed by atoms with E-state index in [1.165, 1.54) is 0 Å². The van der Waals surface area contributed by atoms with Crippen LogP contribution in [-0.4, -0.2) is 39.8 Å². The summed E-state index contributed by atoms with van der Waals surface area (Å²) in [5, 5.41) is 10.1. The third kappa shape index (κ3) is 3.82. The number of benzene rings is 1. The molecule has 1 N–H and O–H groups in total. The molecule has 5 heteroatoms. The number of aliphatic hydroxyl groups excluding tert-OH is 1. The minimum atomic E-state index is -0.856. The highest BCUT2D eigenvalue weighted by Gasteiger charge is 2.44. The fraction of sp³-hybridized carbons (Fsp3) is 0.500. The Morgan fingerprint density at radius 1 is 1.33 bits per heavy atom. The predicted molar refractivity (Wildman–Crippen MR) is 77.6 cm³/mol. The van der Waals surface area contributed by atoms with E-state index in [1.54, 1.807) is 20.8 Å². The number of carbonyl (C=O) groups excluding carboxylic acids is 2. The summed E-state index contributed by atoms with van der Waals surface area (Å²) >= 11 is 0. The molecule has 1 aromatic carbocycles. The lowest BCUT2D eigenvalue weighted by Crippen LogP contribution is -2.45. The molecule has 0 aromatic heterocycles. The van der Waals surface area contributed by atoms with E-state index < -0.39 is 29.7 Å². The lowest BCUT2D eigenvalue weighted by Gasteiger charge is -2.28. The Labute approximate surface area is 124 Å². The number of hydrogen-bond acceptors (Lipinski definition) is 4. The fourth-order valence-corrected chi connectivity index (χ4v) is 2.40. The Kier molecular flexibility index (Phi) is 4.32. The average molecular weight is 291 g/mol. The van der Waals surface area contributed by atoms with Crippen molar-refractivity contribution < 1.29 is 19.4 Å². The van der Waals surface area contributed by atoms with Crippen molar-refractivity contribution in [2.75, 3.05) is 0 Å². The molecule has 0 bridgehead atoms. The van der Waals surface area contributed by atoms with Gasteiger partial charge < -0.3 is 9.84 Å². The molecule has 114 valence electrons. The molecule has 2 rings (SSSR count). The van der Waals surface area contributed by atoms with Crippen molar-refractivity contribution in [1.82, 2.24) is 4.90 Å². The van der Waals surface area contributed by atoms with Gasteiger partial charge in [0.15, 0.2) is 0 Å². The van der Waals surface area contributed by atoms with Crippen molar-refractivity contribution in [3.8, 4) is 0 Å². The molecule has 0 saturated carbocycles. The van der Waals surface area contributed by atoms with Gasteiger partial charge in [-0.05, 0) is 32.8 Å². The fourth-order valence-electron chi connectivity index (χ4n) is 2.40. The molecular formula is C16H21NO4. The van der Waals surface area contributed by atoms with Crippen LogP contribution in [0.15, 0.2) is 30.3 Å². The number of aliphatic hydroxyl groups is 1. The van der Waals surface area contributed by atoms with Crippen LogP contribution in [0.3, 0.4) is 0 Å². The molecule has 5 nitrogen and oxygen atoms in total. The number of amides is 2. The van der Waals surface area contributed by atoms with Gasteiger partial charge in [-0.3, -0.25) is 4.79 Å². The lowest BCUT2D eigenvalue weighted by molar-refractivity contribution is -0.128. The second-order valence-electron chi connectivity index (χ2n) is 6.27. The lowest BCUT2D eigenvalue weighted by atomic mass is 10.0. The van der Waals surface area contributed by atoms with Crippen molar-refractivity contribution >= 4 is 12.0 Å². The molecule has 21 heavy (non-hydrogen) atoms. The van der Waals surface area contributed by atoms with Crippen LogP contribution in [0.4, 0.5) is 4.79 Å². The third-order valence-electron chi connectivity index (χ3n) is 3.31. The first-order valence-electron chi connectivity index (χ1n) is 7.05. The van der Waals surface area contributed by atoms with Gasteiger partial charge >= 0.3 is 6.09 Å². The molecule has 1 fully saturated rings. The SMILES string of the molecule is CC(C)(C)OC(=O)N1C(=O)C[C@@H](O)[C@H]1Cc1ccccc1. The van der Waals surface area contributed by atoms with E-state index in [2.05, 4.69) is 0 Å². The number of imide groups is 1. The molecule has 1 aliphatic rings. The molecule has 0 unspecified atom stereocenters. The summed E-state index contributed by atoms with van der Waals surface area (Å²) in [5.74, 6) is -0.391. The normalized spacial score (nSPS) is 22.5. The van der Waals surface area contributed by atoms with Crippen molar-refractivity contribution in [1.29, 1.82) is 0 Å². The summed E-state index contributed by atoms with van der Waals surface area (Å²) < 4.78 is 5.26. The monoisotopic (exact) mass is 291 g/mol. The van der Waals surface area contributed by atoms with E-state index in [4.69, 9.17) is 4.74 Å². The molecule has 1 aliphatic heterocycles. The highest BCUT2D eigenvalue weighted by atomic mass is 16.6. The summed E-state index contributed by atoms with van der Waals surface area (Å²) in [6, 6.07) is 8.90. The van der Waals surface area contributed by atoms with Crippen LogP contribution >= 0.6 is 0 Å². The molecule has 2 atom stereocenters. The van der Waals surface area contributed by atoms with Gasteiger partial charge in [-0.1, -0.05) is 30.3 Å². The van der Waals surface area contributed by atoms with E-state index in [1.807, 2.05) is 30.3 Å². The van der Waals surface area contributed by atoms with Crippen LogP contribution in [0.25, 0.3) is 0 Å². The van der Waals surface area contributed by atoms with Gasteiger partial charge in [0.25, 0.3) is 0 Å². The Hall–Kier alpha value is -1.88. The number of carbonyl (C=O) groups is 2. The maximum Gasteiger partial charge on any atom is 0.417 e. The van der Waals surface area contributed by atoms with E-state index in [-0.39, 0.29) is 6.42 Å². The Balaban J connectivity index is 2.17. The molecule has 1 heterocycles. The van der Waals surface area contributed by atoms with Gasteiger partial charge in [0.2, 0.25) is 5.91 Å². The van der Waals surface area contributed by atoms with Gasteiger partial charge in [0.05, 0.1) is 18.6 Å². The van der Waals surface area contributed by atoms with E-state index in [9.17, 15) is 14.7 Å². The zero-order valence-corrected chi connectivity index (χ0v) is 12.6. The summed E-state index contributed by atoms with van der Waals surface area (Å²) in [6.07, 6.45) is -1.17. The second-order valence-corrected chi connectivity index (χ2v) is 6.27. The molecule has 0 aliphatic carbocycles. The number of nitrogens with zero attached hydrogens (tertiary/aromatic N) is 1. The largest absolute Gasteiger partial charge is 0.443 e.